The molecule has 1 aromatic heterocycles. The largest absolute Gasteiger partial charge is 0.399 e. The summed E-state index contributed by atoms with van der Waals surface area (Å²) in [5, 5.41) is 7.27. The van der Waals surface area contributed by atoms with Crippen molar-refractivity contribution in [3.8, 4) is 0 Å². The Morgan fingerprint density at radius 3 is 2.88 bits per heavy atom. The highest BCUT2D eigenvalue weighted by Crippen LogP contribution is 2.16. The summed E-state index contributed by atoms with van der Waals surface area (Å²) in [6.07, 6.45) is 2.07. The molecule has 5 nitrogen and oxygen atoms in total. The topological polar surface area (TPSA) is 93.6 Å². The van der Waals surface area contributed by atoms with Crippen molar-refractivity contribution in [1.82, 2.24) is 15.2 Å². The summed E-state index contributed by atoms with van der Waals surface area (Å²) >= 11 is 1.60. The molecule has 0 fully saturated rings. The molecule has 5 N–H and O–H groups in total. The lowest BCUT2D eigenvalue weighted by molar-refractivity contribution is 0.921. The Labute approximate surface area is 104 Å². The van der Waals surface area contributed by atoms with E-state index in [1.807, 2.05) is 18.2 Å². The van der Waals surface area contributed by atoms with E-state index in [1.54, 1.807) is 11.8 Å². The van der Waals surface area contributed by atoms with Crippen molar-refractivity contribution in [2.75, 3.05) is 17.2 Å². The van der Waals surface area contributed by atoms with Gasteiger partial charge in [-0.15, -0.1) is 5.10 Å². The van der Waals surface area contributed by atoms with E-state index in [1.165, 1.54) is 5.56 Å². The molecule has 0 saturated carbocycles. The fraction of sp³-hybridized carbons (Fsp3) is 0.273. The molecule has 90 valence electrons. The van der Waals surface area contributed by atoms with Crippen LogP contribution in [0.3, 0.4) is 0 Å². The Morgan fingerprint density at radius 1 is 1.29 bits per heavy atom. The third-order valence-corrected chi connectivity index (χ3v) is 3.21. The highest BCUT2D eigenvalue weighted by atomic mass is 32.2. The lowest BCUT2D eigenvalue weighted by Gasteiger charge is -2.01. The van der Waals surface area contributed by atoms with E-state index in [9.17, 15) is 0 Å². The summed E-state index contributed by atoms with van der Waals surface area (Å²) in [6, 6.07) is 7.98. The van der Waals surface area contributed by atoms with Crippen molar-refractivity contribution in [3.63, 3.8) is 0 Å². The smallest absolute Gasteiger partial charge is 0.216 e. The predicted octanol–water partition coefficient (Wildman–Crippen LogP) is 1.69. The van der Waals surface area contributed by atoms with Crippen LogP contribution in [0.15, 0.2) is 29.4 Å². The summed E-state index contributed by atoms with van der Waals surface area (Å²) in [6.45, 7) is 0. The van der Waals surface area contributed by atoms with E-state index >= 15 is 0 Å². The normalized spacial score (nSPS) is 10.6. The van der Waals surface area contributed by atoms with Crippen LogP contribution >= 0.6 is 11.8 Å². The van der Waals surface area contributed by atoms with Gasteiger partial charge >= 0.3 is 0 Å². The summed E-state index contributed by atoms with van der Waals surface area (Å²) in [5.74, 6) is 1.33. The van der Waals surface area contributed by atoms with Gasteiger partial charge in [0.2, 0.25) is 11.1 Å². The van der Waals surface area contributed by atoms with Gasteiger partial charge in [-0.25, -0.2) is 5.10 Å². The van der Waals surface area contributed by atoms with Gasteiger partial charge in [0.25, 0.3) is 0 Å². The number of nitrogens with one attached hydrogen (secondary N) is 1. The Hall–Kier alpha value is -1.69. The zero-order valence-corrected chi connectivity index (χ0v) is 10.2. The van der Waals surface area contributed by atoms with E-state index in [0.29, 0.717) is 11.1 Å². The number of hydrogen-bond acceptors (Lipinski definition) is 5. The number of nitrogen functional groups attached to an aromatic ring is 2. The van der Waals surface area contributed by atoms with Crippen LogP contribution in [0.25, 0.3) is 0 Å². The molecule has 0 aliphatic rings. The van der Waals surface area contributed by atoms with Crippen molar-refractivity contribution in [2.24, 2.45) is 0 Å². The molecule has 0 unspecified atom stereocenters. The maximum atomic E-state index is 5.71. The number of benzene rings is 1. The lowest BCUT2D eigenvalue weighted by atomic mass is 10.1. The van der Waals surface area contributed by atoms with Crippen LogP contribution in [0, 0.1) is 0 Å². The number of nitrogens with zero attached hydrogens (tertiary/aromatic N) is 2. The lowest BCUT2D eigenvalue weighted by Crippen LogP contribution is -1.91. The van der Waals surface area contributed by atoms with Crippen LogP contribution in [0.4, 0.5) is 11.6 Å². The number of aromatic amines is 1. The first kappa shape index (κ1) is 11.8. The second-order valence-electron chi connectivity index (χ2n) is 3.70. The number of anilines is 2. The van der Waals surface area contributed by atoms with Crippen molar-refractivity contribution in [2.45, 2.75) is 18.0 Å². The van der Waals surface area contributed by atoms with E-state index < -0.39 is 0 Å². The molecule has 0 radical (unpaired) electrons. The molecule has 2 aromatic rings. The van der Waals surface area contributed by atoms with Crippen LogP contribution in [0.1, 0.15) is 12.0 Å². The van der Waals surface area contributed by atoms with Crippen molar-refractivity contribution >= 4 is 23.4 Å². The number of aromatic nitrogens is 3. The molecular weight excluding hydrogens is 234 g/mol. The van der Waals surface area contributed by atoms with Gasteiger partial charge in [-0.2, -0.15) is 4.98 Å². The fourth-order valence-corrected chi connectivity index (χ4v) is 2.26. The second-order valence-corrected chi connectivity index (χ2v) is 4.76. The molecule has 0 aliphatic heterocycles. The average Bonchev–Trinajstić information content (AvgIpc) is 2.71. The Bertz CT molecular complexity index is 482. The summed E-state index contributed by atoms with van der Waals surface area (Å²) in [5.41, 5.74) is 13.2. The number of H-pyrrole nitrogens is 1. The van der Waals surface area contributed by atoms with Crippen LogP contribution in [0.2, 0.25) is 0 Å². The van der Waals surface area contributed by atoms with Crippen LogP contribution < -0.4 is 11.5 Å². The van der Waals surface area contributed by atoms with Gasteiger partial charge in [0, 0.05) is 11.4 Å². The molecule has 17 heavy (non-hydrogen) atoms. The molecule has 0 aliphatic carbocycles. The van der Waals surface area contributed by atoms with Gasteiger partial charge < -0.3 is 11.5 Å². The highest BCUT2D eigenvalue weighted by Gasteiger charge is 2.00. The van der Waals surface area contributed by atoms with Gasteiger partial charge in [0.1, 0.15) is 0 Å². The van der Waals surface area contributed by atoms with E-state index in [4.69, 9.17) is 11.5 Å². The Morgan fingerprint density at radius 2 is 2.18 bits per heavy atom. The third kappa shape index (κ3) is 3.67. The molecule has 0 bridgehead atoms. The average molecular weight is 249 g/mol. The first-order chi connectivity index (χ1) is 8.24. The first-order valence-corrected chi connectivity index (χ1v) is 6.38. The number of aryl methyl sites for hydroxylation is 1. The molecule has 6 heteroatoms. The number of nitrogens with two attached hydrogens (primary N) is 2. The quantitative estimate of drug-likeness (QED) is 0.426. The third-order valence-electron chi connectivity index (χ3n) is 2.27. The molecule has 0 spiro atoms. The SMILES string of the molecule is Nc1cccc(CCCSc2n[nH]c(N)n2)c1. The summed E-state index contributed by atoms with van der Waals surface area (Å²) < 4.78 is 0. The maximum Gasteiger partial charge on any atom is 0.216 e. The minimum atomic E-state index is 0.364. The van der Waals surface area contributed by atoms with Crippen molar-refractivity contribution in [3.05, 3.63) is 29.8 Å². The standard InChI is InChI=1S/C11H15N5S/c12-9-5-1-3-8(7-9)4-2-6-17-11-14-10(13)15-16-11/h1,3,5,7H,2,4,6,12H2,(H3,13,14,15,16). The van der Waals surface area contributed by atoms with Crippen LogP contribution in [-0.4, -0.2) is 20.9 Å². The van der Waals surface area contributed by atoms with Gasteiger partial charge in [0.05, 0.1) is 0 Å². The molecular formula is C11H15N5S. The van der Waals surface area contributed by atoms with E-state index in [2.05, 4.69) is 21.2 Å². The minimum Gasteiger partial charge on any atom is -0.399 e. The summed E-state index contributed by atoms with van der Waals surface area (Å²) in [4.78, 5) is 4.02. The molecule has 0 saturated heterocycles. The second kappa shape index (κ2) is 5.58. The predicted molar refractivity (Wildman–Crippen MR) is 70.7 cm³/mol. The monoisotopic (exact) mass is 249 g/mol. The van der Waals surface area contributed by atoms with Crippen molar-refractivity contribution in [1.29, 1.82) is 0 Å². The zero-order valence-electron chi connectivity index (χ0n) is 9.39. The summed E-state index contributed by atoms with van der Waals surface area (Å²) in [7, 11) is 0. The number of hydrogen-bond donors (Lipinski definition) is 3. The first-order valence-electron chi connectivity index (χ1n) is 5.39. The van der Waals surface area contributed by atoms with Crippen molar-refractivity contribution < 1.29 is 0 Å². The fourth-order valence-electron chi connectivity index (χ4n) is 1.51. The molecule has 1 aromatic carbocycles. The van der Waals surface area contributed by atoms with E-state index in [0.717, 1.165) is 24.3 Å². The van der Waals surface area contributed by atoms with Gasteiger partial charge in [-0.05, 0) is 30.5 Å². The molecule has 2 rings (SSSR count). The highest BCUT2D eigenvalue weighted by molar-refractivity contribution is 7.99. The van der Waals surface area contributed by atoms with Gasteiger partial charge in [-0.1, -0.05) is 23.9 Å². The molecule has 1 heterocycles. The number of thioether (sulfide) groups is 1. The molecule has 0 atom stereocenters. The number of rotatable bonds is 5. The van der Waals surface area contributed by atoms with Gasteiger partial charge in [-0.3, -0.25) is 0 Å². The maximum absolute atomic E-state index is 5.71. The van der Waals surface area contributed by atoms with Crippen LogP contribution in [-0.2, 0) is 6.42 Å². The molecule has 0 amide bonds. The van der Waals surface area contributed by atoms with E-state index in [-0.39, 0.29) is 0 Å². The van der Waals surface area contributed by atoms with Gasteiger partial charge in [0.15, 0.2) is 0 Å². The van der Waals surface area contributed by atoms with Crippen LogP contribution in [0.5, 0.6) is 0 Å². The Kier molecular flexibility index (Phi) is 3.87. The zero-order chi connectivity index (χ0) is 12.1. The minimum absolute atomic E-state index is 0.364. The Balaban J connectivity index is 1.73.